The minimum absolute atomic E-state index is 0.0921. The number of nitrogens with zero attached hydrogens (tertiary/aromatic N) is 1. The second-order valence-electron chi connectivity index (χ2n) is 11.4. The molecular weight excluding hydrogens is 462 g/mol. The Morgan fingerprint density at radius 1 is 0.649 bits per heavy atom. The van der Waals surface area contributed by atoms with Gasteiger partial charge in [0.25, 0.3) is 0 Å². The zero-order valence-electron chi connectivity index (χ0n) is 25.5. The highest BCUT2D eigenvalue weighted by atomic mass is 16.6. The second-order valence-corrected chi connectivity index (χ2v) is 11.4. The van der Waals surface area contributed by atoms with Gasteiger partial charge in [-0.3, -0.25) is 9.59 Å². The average molecular weight is 526 g/mol. The number of ether oxygens (including phenoxy) is 2. The van der Waals surface area contributed by atoms with Crippen LogP contribution in [-0.4, -0.2) is 50.2 Å². The lowest BCUT2D eigenvalue weighted by Crippen LogP contribution is -2.27. The van der Waals surface area contributed by atoms with Crippen LogP contribution in [0.25, 0.3) is 0 Å². The Balaban J connectivity index is 4.15. The van der Waals surface area contributed by atoms with E-state index in [1.54, 1.807) is 0 Å². The first kappa shape index (κ1) is 35.9. The van der Waals surface area contributed by atoms with E-state index in [0.717, 1.165) is 51.5 Å². The van der Waals surface area contributed by atoms with Gasteiger partial charge in [-0.1, -0.05) is 117 Å². The average Bonchev–Trinajstić information content (AvgIpc) is 2.87. The van der Waals surface area contributed by atoms with Gasteiger partial charge in [-0.2, -0.15) is 0 Å². The van der Waals surface area contributed by atoms with E-state index in [1.807, 2.05) is 21.0 Å². The number of carbonyl (C=O) groups is 2. The van der Waals surface area contributed by atoms with Crippen molar-refractivity contribution in [3.8, 4) is 0 Å². The molecule has 0 heterocycles. The van der Waals surface area contributed by atoms with Crippen molar-refractivity contribution in [3.05, 3.63) is 0 Å². The third-order valence-corrected chi connectivity index (χ3v) is 7.22. The molecule has 2 unspecified atom stereocenters. The van der Waals surface area contributed by atoms with Crippen LogP contribution < -0.4 is 0 Å². The van der Waals surface area contributed by atoms with Gasteiger partial charge in [-0.25, -0.2) is 0 Å². The van der Waals surface area contributed by atoms with E-state index in [0.29, 0.717) is 6.42 Å². The fourth-order valence-electron chi connectivity index (χ4n) is 4.64. The summed E-state index contributed by atoms with van der Waals surface area (Å²) in [5.41, 5.74) is 0. The summed E-state index contributed by atoms with van der Waals surface area (Å²) in [6.45, 7) is 7.61. The first-order valence-corrected chi connectivity index (χ1v) is 15.9. The Hall–Kier alpha value is -1.10. The lowest BCUT2D eigenvalue weighted by molar-refractivity contribution is -0.161. The largest absolute Gasteiger partial charge is 0.462 e. The van der Waals surface area contributed by atoms with Crippen molar-refractivity contribution in [1.29, 1.82) is 0 Å². The zero-order chi connectivity index (χ0) is 27.6. The fraction of sp³-hybridized carbons (Fsp3) is 0.938. The van der Waals surface area contributed by atoms with E-state index in [-0.39, 0.29) is 30.6 Å². The quantitative estimate of drug-likeness (QED) is 0.0791. The second kappa shape index (κ2) is 26.5. The molecule has 37 heavy (non-hydrogen) atoms. The van der Waals surface area contributed by atoms with Gasteiger partial charge in [-0.15, -0.1) is 0 Å². The highest BCUT2D eigenvalue weighted by molar-refractivity contribution is 5.72. The number of carbonyl (C=O) groups excluding carboxylic acids is 2. The normalized spacial score (nSPS) is 13.0. The van der Waals surface area contributed by atoms with Gasteiger partial charge in [0.1, 0.15) is 12.7 Å². The molecule has 0 saturated carbocycles. The van der Waals surface area contributed by atoms with E-state index in [9.17, 15) is 9.59 Å². The summed E-state index contributed by atoms with van der Waals surface area (Å²) in [7, 11) is 4.08. The first-order chi connectivity index (χ1) is 17.9. The maximum atomic E-state index is 12.6. The van der Waals surface area contributed by atoms with Gasteiger partial charge in [0, 0.05) is 6.42 Å². The van der Waals surface area contributed by atoms with Crippen LogP contribution in [-0.2, 0) is 19.1 Å². The standard InChI is InChI=1S/C32H63NO4/c1-6-8-10-12-13-14-15-16-17-19-20-24-29(3)32(35)36-28-30(25-21-18-11-9-7-2)37-31(34)26-22-23-27-33(4)5/h29-30H,6-28H2,1-5H3. The summed E-state index contributed by atoms with van der Waals surface area (Å²) in [5, 5.41) is 0. The molecule has 0 N–H and O–H groups in total. The molecule has 0 spiro atoms. The van der Waals surface area contributed by atoms with Gasteiger partial charge >= 0.3 is 11.9 Å². The summed E-state index contributed by atoms with van der Waals surface area (Å²) in [4.78, 5) is 27.1. The Kier molecular flexibility index (Phi) is 25.7. The minimum atomic E-state index is -0.318. The van der Waals surface area contributed by atoms with Crippen molar-refractivity contribution in [2.45, 2.75) is 162 Å². The molecular formula is C32H63NO4. The molecule has 0 aromatic carbocycles. The number of unbranched alkanes of at least 4 members (excludes halogenated alkanes) is 15. The molecule has 0 aliphatic rings. The van der Waals surface area contributed by atoms with Crippen molar-refractivity contribution >= 4 is 11.9 Å². The van der Waals surface area contributed by atoms with Gasteiger partial charge in [0.2, 0.25) is 0 Å². The molecule has 0 amide bonds. The monoisotopic (exact) mass is 525 g/mol. The summed E-state index contributed by atoms with van der Waals surface area (Å²) in [6.07, 6.45) is 23.8. The smallest absolute Gasteiger partial charge is 0.308 e. The summed E-state index contributed by atoms with van der Waals surface area (Å²) in [5.74, 6) is -0.405. The van der Waals surface area contributed by atoms with E-state index in [1.165, 1.54) is 83.5 Å². The van der Waals surface area contributed by atoms with Crippen molar-refractivity contribution in [2.24, 2.45) is 5.92 Å². The lowest BCUT2D eigenvalue weighted by Gasteiger charge is -2.19. The molecule has 0 rings (SSSR count). The molecule has 0 aromatic rings. The maximum absolute atomic E-state index is 12.6. The maximum Gasteiger partial charge on any atom is 0.308 e. The van der Waals surface area contributed by atoms with Crippen LogP contribution in [0.15, 0.2) is 0 Å². The van der Waals surface area contributed by atoms with E-state index >= 15 is 0 Å². The summed E-state index contributed by atoms with van der Waals surface area (Å²) < 4.78 is 11.4. The fourth-order valence-corrected chi connectivity index (χ4v) is 4.64. The highest BCUT2D eigenvalue weighted by Crippen LogP contribution is 2.17. The molecule has 0 saturated heterocycles. The number of rotatable bonds is 27. The van der Waals surface area contributed by atoms with E-state index in [4.69, 9.17) is 9.47 Å². The van der Waals surface area contributed by atoms with E-state index < -0.39 is 0 Å². The van der Waals surface area contributed by atoms with Gasteiger partial charge in [-0.05, 0) is 52.7 Å². The zero-order valence-corrected chi connectivity index (χ0v) is 25.5. The molecule has 0 radical (unpaired) electrons. The van der Waals surface area contributed by atoms with Crippen LogP contribution in [0.4, 0.5) is 0 Å². The number of hydrogen-bond donors (Lipinski definition) is 0. The molecule has 220 valence electrons. The highest BCUT2D eigenvalue weighted by Gasteiger charge is 2.20. The van der Waals surface area contributed by atoms with Crippen LogP contribution in [0.2, 0.25) is 0 Å². The van der Waals surface area contributed by atoms with Crippen molar-refractivity contribution in [1.82, 2.24) is 4.90 Å². The number of hydrogen-bond acceptors (Lipinski definition) is 5. The van der Waals surface area contributed by atoms with Crippen LogP contribution in [0.1, 0.15) is 156 Å². The lowest BCUT2D eigenvalue weighted by atomic mass is 10.0. The molecule has 0 aromatic heterocycles. The minimum Gasteiger partial charge on any atom is -0.462 e. The molecule has 0 aliphatic heterocycles. The van der Waals surface area contributed by atoms with Crippen molar-refractivity contribution < 1.29 is 19.1 Å². The molecule has 2 atom stereocenters. The molecule has 5 nitrogen and oxygen atoms in total. The Bertz CT molecular complexity index is 523. The predicted molar refractivity (Wildman–Crippen MR) is 157 cm³/mol. The molecule has 0 fully saturated rings. The Morgan fingerprint density at radius 2 is 1.14 bits per heavy atom. The molecule has 0 bridgehead atoms. The molecule has 5 heteroatoms. The van der Waals surface area contributed by atoms with Crippen LogP contribution in [0, 0.1) is 5.92 Å². The van der Waals surface area contributed by atoms with Gasteiger partial charge in [0.05, 0.1) is 5.92 Å². The van der Waals surface area contributed by atoms with Crippen LogP contribution in [0.3, 0.4) is 0 Å². The van der Waals surface area contributed by atoms with Crippen LogP contribution >= 0.6 is 0 Å². The third kappa shape index (κ3) is 25.0. The number of esters is 2. The Labute approximate surface area is 230 Å². The SMILES string of the molecule is CCCCCCCCCCCCCC(C)C(=O)OCC(CCCCCCC)OC(=O)CCCCN(C)C. The van der Waals surface area contributed by atoms with Crippen molar-refractivity contribution in [2.75, 3.05) is 27.2 Å². The summed E-state index contributed by atoms with van der Waals surface area (Å²) >= 11 is 0. The summed E-state index contributed by atoms with van der Waals surface area (Å²) in [6, 6.07) is 0. The predicted octanol–water partition coefficient (Wildman–Crippen LogP) is 8.87. The van der Waals surface area contributed by atoms with E-state index in [2.05, 4.69) is 18.7 Å². The van der Waals surface area contributed by atoms with Crippen LogP contribution in [0.5, 0.6) is 0 Å². The third-order valence-electron chi connectivity index (χ3n) is 7.22. The topological polar surface area (TPSA) is 55.8 Å². The van der Waals surface area contributed by atoms with Gasteiger partial charge < -0.3 is 14.4 Å². The first-order valence-electron chi connectivity index (χ1n) is 15.9. The van der Waals surface area contributed by atoms with Crippen molar-refractivity contribution in [3.63, 3.8) is 0 Å². The Morgan fingerprint density at radius 3 is 1.65 bits per heavy atom. The van der Waals surface area contributed by atoms with Gasteiger partial charge in [0.15, 0.2) is 0 Å². The molecule has 0 aliphatic carbocycles.